The standard InChI is InChI=1S/C23H28N2O3S/c1-4-6-12-23(5-2)16-29(26,27)21-13-18(15-24)20(28-3)14-19(21)22(25-23)17-10-8-7-9-11-17/h7-11,13-14,22,25H,4-6,12,16H2,1-3H3/t22?,23-/m1/s1. The fraction of sp³-hybridized carbons (Fsp3) is 0.435. The van der Waals surface area contributed by atoms with E-state index in [-0.39, 0.29) is 22.3 Å². The maximum atomic E-state index is 13.5. The number of benzene rings is 2. The molecule has 0 aromatic heterocycles. The first-order valence-electron chi connectivity index (χ1n) is 10.1. The zero-order valence-corrected chi connectivity index (χ0v) is 18.1. The smallest absolute Gasteiger partial charge is 0.180 e. The summed E-state index contributed by atoms with van der Waals surface area (Å²) in [5, 5.41) is 13.2. The van der Waals surface area contributed by atoms with Crippen LogP contribution in [0.4, 0.5) is 0 Å². The molecule has 2 aromatic rings. The summed E-state index contributed by atoms with van der Waals surface area (Å²) in [6.07, 6.45) is 3.42. The topological polar surface area (TPSA) is 79.2 Å². The van der Waals surface area contributed by atoms with Gasteiger partial charge in [0.2, 0.25) is 0 Å². The summed E-state index contributed by atoms with van der Waals surface area (Å²) < 4.78 is 32.4. The van der Waals surface area contributed by atoms with Gasteiger partial charge < -0.3 is 4.74 Å². The Morgan fingerprint density at radius 2 is 1.97 bits per heavy atom. The van der Waals surface area contributed by atoms with Crippen LogP contribution in [0, 0.1) is 11.3 Å². The van der Waals surface area contributed by atoms with Crippen LogP contribution in [0.25, 0.3) is 0 Å². The minimum Gasteiger partial charge on any atom is -0.495 e. The molecule has 6 heteroatoms. The number of methoxy groups -OCH3 is 1. The van der Waals surface area contributed by atoms with E-state index in [4.69, 9.17) is 4.74 Å². The van der Waals surface area contributed by atoms with Gasteiger partial charge in [-0.15, -0.1) is 0 Å². The first kappa shape index (κ1) is 21.4. The van der Waals surface area contributed by atoms with Crippen molar-refractivity contribution in [3.05, 3.63) is 59.2 Å². The monoisotopic (exact) mass is 412 g/mol. The summed E-state index contributed by atoms with van der Waals surface area (Å²) in [6.45, 7) is 4.15. The van der Waals surface area contributed by atoms with Crippen molar-refractivity contribution in [3.63, 3.8) is 0 Å². The Bertz CT molecular complexity index is 1010. The number of nitriles is 1. The zero-order chi connectivity index (χ0) is 21.1. The van der Waals surface area contributed by atoms with Gasteiger partial charge in [0.05, 0.1) is 29.4 Å². The van der Waals surface area contributed by atoms with E-state index in [2.05, 4.69) is 18.3 Å². The second kappa shape index (κ2) is 8.56. The predicted molar refractivity (Wildman–Crippen MR) is 114 cm³/mol. The van der Waals surface area contributed by atoms with Gasteiger partial charge >= 0.3 is 0 Å². The molecule has 1 N–H and O–H groups in total. The molecule has 0 spiro atoms. The second-order valence-corrected chi connectivity index (χ2v) is 9.64. The van der Waals surface area contributed by atoms with Crippen molar-refractivity contribution in [2.75, 3.05) is 12.9 Å². The molecule has 0 bridgehead atoms. The molecule has 1 heterocycles. The van der Waals surface area contributed by atoms with Crippen molar-refractivity contribution in [1.82, 2.24) is 5.32 Å². The number of ether oxygens (including phenoxy) is 1. The minimum absolute atomic E-state index is 0.0179. The third-order valence-corrected chi connectivity index (χ3v) is 7.79. The maximum absolute atomic E-state index is 13.5. The normalized spacial score (nSPS) is 22.9. The highest BCUT2D eigenvalue weighted by Gasteiger charge is 2.42. The highest BCUT2D eigenvalue weighted by Crippen LogP contribution is 2.40. The van der Waals surface area contributed by atoms with Crippen LogP contribution in [0.3, 0.4) is 0 Å². The average Bonchev–Trinajstić information content (AvgIpc) is 2.84. The van der Waals surface area contributed by atoms with Gasteiger partial charge in [-0.05, 0) is 36.1 Å². The predicted octanol–water partition coefficient (Wildman–Crippen LogP) is 4.37. The first-order valence-corrected chi connectivity index (χ1v) is 11.7. The summed E-state index contributed by atoms with van der Waals surface area (Å²) in [5.74, 6) is 0.408. The van der Waals surface area contributed by atoms with Crippen molar-refractivity contribution in [1.29, 1.82) is 5.26 Å². The van der Waals surface area contributed by atoms with E-state index in [1.54, 1.807) is 6.07 Å². The van der Waals surface area contributed by atoms with Gasteiger partial charge in [-0.1, -0.05) is 57.0 Å². The van der Waals surface area contributed by atoms with E-state index in [0.29, 0.717) is 17.7 Å². The Morgan fingerprint density at radius 3 is 2.55 bits per heavy atom. The van der Waals surface area contributed by atoms with E-state index < -0.39 is 15.4 Å². The maximum Gasteiger partial charge on any atom is 0.180 e. The van der Waals surface area contributed by atoms with E-state index in [9.17, 15) is 13.7 Å². The number of hydrogen-bond acceptors (Lipinski definition) is 5. The lowest BCUT2D eigenvalue weighted by Crippen LogP contribution is -2.50. The molecule has 1 aliphatic heterocycles. The van der Waals surface area contributed by atoms with Gasteiger partial charge in [-0.25, -0.2) is 8.42 Å². The molecule has 0 radical (unpaired) electrons. The van der Waals surface area contributed by atoms with Crippen molar-refractivity contribution < 1.29 is 13.2 Å². The van der Waals surface area contributed by atoms with E-state index >= 15 is 0 Å². The molecule has 154 valence electrons. The fourth-order valence-electron chi connectivity index (χ4n) is 4.14. The van der Waals surface area contributed by atoms with Crippen molar-refractivity contribution in [2.45, 2.75) is 56.0 Å². The van der Waals surface area contributed by atoms with Crippen LogP contribution in [-0.2, 0) is 9.84 Å². The molecule has 0 saturated heterocycles. The molecular formula is C23H28N2O3S. The molecule has 2 aromatic carbocycles. The summed E-state index contributed by atoms with van der Waals surface area (Å²) >= 11 is 0. The molecule has 29 heavy (non-hydrogen) atoms. The number of sulfone groups is 1. The van der Waals surface area contributed by atoms with E-state index in [1.807, 2.05) is 37.3 Å². The Morgan fingerprint density at radius 1 is 1.24 bits per heavy atom. The number of nitrogens with one attached hydrogen (secondary N) is 1. The van der Waals surface area contributed by atoms with Crippen LogP contribution >= 0.6 is 0 Å². The SMILES string of the molecule is CCCC[C@]1(CC)CS(=O)(=O)c2cc(C#N)c(OC)cc2C(c2ccccc2)N1. The van der Waals surface area contributed by atoms with Crippen LogP contribution in [0.15, 0.2) is 47.4 Å². The summed E-state index contributed by atoms with van der Waals surface area (Å²) in [6, 6.07) is 14.8. The Labute approximate surface area is 173 Å². The lowest BCUT2D eigenvalue weighted by atomic mass is 9.88. The van der Waals surface area contributed by atoms with Gasteiger partial charge in [0, 0.05) is 5.54 Å². The van der Waals surface area contributed by atoms with Crippen LogP contribution < -0.4 is 10.1 Å². The third-order valence-electron chi connectivity index (χ3n) is 5.83. The fourth-order valence-corrected chi connectivity index (χ4v) is 6.29. The first-order chi connectivity index (χ1) is 13.9. The van der Waals surface area contributed by atoms with Crippen molar-refractivity contribution in [3.8, 4) is 11.8 Å². The van der Waals surface area contributed by atoms with Gasteiger partial charge in [-0.2, -0.15) is 5.26 Å². The van der Waals surface area contributed by atoms with E-state index in [1.165, 1.54) is 13.2 Å². The number of nitrogens with zero attached hydrogens (tertiary/aromatic N) is 1. The summed E-state index contributed by atoms with van der Waals surface area (Å²) in [7, 11) is -2.10. The molecule has 0 aliphatic carbocycles. The van der Waals surface area contributed by atoms with Gasteiger partial charge in [0.15, 0.2) is 9.84 Å². The van der Waals surface area contributed by atoms with Crippen molar-refractivity contribution in [2.24, 2.45) is 0 Å². The van der Waals surface area contributed by atoms with Gasteiger partial charge in [0.1, 0.15) is 11.8 Å². The molecule has 1 unspecified atom stereocenters. The van der Waals surface area contributed by atoms with Crippen LogP contribution in [0.5, 0.6) is 5.75 Å². The molecule has 0 saturated carbocycles. The van der Waals surface area contributed by atoms with Crippen molar-refractivity contribution >= 4 is 9.84 Å². The highest BCUT2D eigenvalue weighted by molar-refractivity contribution is 7.91. The minimum atomic E-state index is -3.60. The van der Waals surface area contributed by atoms with E-state index in [0.717, 1.165) is 24.8 Å². The molecule has 1 aliphatic rings. The molecule has 0 amide bonds. The van der Waals surface area contributed by atoms with Gasteiger partial charge in [0.25, 0.3) is 0 Å². The Hall–Kier alpha value is -2.36. The second-order valence-electron chi connectivity index (χ2n) is 7.69. The Balaban J connectivity index is 2.29. The molecule has 0 fully saturated rings. The molecule has 2 atom stereocenters. The lowest BCUT2D eigenvalue weighted by Gasteiger charge is -2.36. The number of fused-ring (bicyclic) bond motifs is 1. The molecule has 3 rings (SSSR count). The number of rotatable bonds is 6. The molecular weight excluding hydrogens is 384 g/mol. The largest absolute Gasteiger partial charge is 0.495 e. The van der Waals surface area contributed by atoms with Crippen LogP contribution in [-0.4, -0.2) is 26.8 Å². The third kappa shape index (κ3) is 4.17. The lowest BCUT2D eigenvalue weighted by molar-refractivity contribution is 0.294. The quantitative estimate of drug-likeness (QED) is 0.762. The Kier molecular flexibility index (Phi) is 6.30. The van der Waals surface area contributed by atoms with Gasteiger partial charge in [-0.3, -0.25) is 5.32 Å². The number of unbranched alkanes of at least 4 members (excludes halogenated alkanes) is 1. The summed E-state index contributed by atoms with van der Waals surface area (Å²) in [5.41, 5.74) is 1.33. The number of hydrogen-bond donors (Lipinski definition) is 1. The van der Waals surface area contributed by atoms with Crippen LogP contribution in [0.1, 0.15) is 62.3 Å². The highest BCUT2D eigenvalue weighted by atomic mass is 32.2. The molecule has 5 nitrogen and oxygen atoms in total. The average molecular weight is 413 g/mol. The summed E-state index contributed by atoms with van der Waals surface area (Å²) in [4.78, 5) is 0.225. The van der Waals surface area contributed by atoms with Crippen LogP contribution in [0.2, 0.25) is 0 Å². The zero-order valence-electron chi connectivity index (χ0n) is 17.2.